The molecule has 1 unspecified atom stereocenters. The van der Waals surface area contributed by atoms with Crippen molar-refractivity contribution in [3.05, 3.63) is 0 Å². The predicted octanol–water partition coefficient (Wildman–Crippen LogP) is 2.56. The molecule has 2 rings (SSSR count). The average molecular weight is 494 g/mol. The maximum Gasteiger partial charge on any atom is 0.354 e. The van der Waals surface area contributed by atoms with Crippen molar-refractivity contribution in [3.8, 4) is 0 Å². The zero-order valence-corrected chi connectivity index (χ0v) is 21.2. The highest BCUT2D eigenvalue weighted by Gasteiger charge is 2.42. The first-order chi connectivity index (χ1) is 15.5. The lowest BCUT2D eigenvalue weighted by Gasteiger charge is -2.30. The van der Waals surface area contributed by atoms with E-state index in [0.717, 1.165) is 19.3 Å². The van der Waals surface area contributed by atoms with Crippen LogP contribution in [0.3, 0.4) is 0 Å². The van der Waals surface area contributed by atoms with Gasteiger partial charge in [-0.2, -0.15) is 17.8 Å². The molecule has 0 amide bonds. The second kappa shape index (κ2) is 12.4. The fourth-order valence-electron chi connectivity index (χ4n) is 3.99. The van der Waals surface area contributed by atoms with Gasteiger partial charge in [-0.05, 0) is 73.1 Å². The van der Waals surface area contributed by atoms with E-state index in [0.29, 0.717) is 39.0 Å². The Labute approximate surface area is 197 Å². The molecule has 10 nitrogen and oxygen atoms in total. The van der Waals surface area contributed by atoms with Gasteiger partial charge in [-0.25, -0.2) is 4.79 Å². The van der Waals surface area contributed by atoms with Crippen molar-refractivity contribution >= 4 is 22.1 Å². The maximum absolute atomic E-state index is 12.8. The lowest BCUT2D eigenvalue weighted by Crippen LogP contribution is -2.44. The number of hydrogen-bond acceptors (Lipinski definition) is 10. The van der Waals surface area contributed by atoms with Crippen LogP contribution >= 0.6 is 0 Å². The van der Waals surface area contributed by atoms with E-state index >= 15 is 0 Å². The minimum absolute atomic E-state index is 0.00710. The van der Waals surface area contributed by atoms with Crippen LogP contribution in [0.5, 0.6) is 0 Å². The van der Waals surface area contributed by atoms with Crippen LogP contribution in [-0.4, -0.2) is 75.0 Å². The van der Waals surface area contributed by atoms with Crippen molar-refractivity contribution in [1.82, 2.24) is 5.06 Å². The quantitative estimate of drug-likeness (QED) is 0.397. The van der Waals surface area contributed by atoms with Gasteiger partial charge in [-0.1, -0.05) is 0 Å². The third kappa shape index (κ3) is 8.79. The van der Waals surface area contributed by atoms with E-state index in [1.165, 1.54) is 5.06 Å². The number of hydrogen-bond donors (Lipinski definition) is 0. The molecular formula is C22H39NO9S. The molecule has 0 aromatic carbocycles. The van der Waals surface area contributed by atoms with E-state index < -0.39 is 27.1 Å². The van der Waals surface area contributed by atoms with E-state index in [9.17, 15) is 18.0 Å². The van der Waals surface area contributed by atoms with Crippen LogP contribution in [-0.2, 0) is 42.9 Å². The summed E-state index contributed by atoms with van der Waals surface area (Å²) in [7, 11) is -4.42. The zero-order chi connectivity index (χ0) is 24.6. The molecule has 192 valence electrons. The summed E-state index contributed by atoms with van der Waals surface area (Å²) in [6, 6.07) is -0.261. The Morgan fingerprint density at radius 2 is 1.70 bits per heavy atom. The number of carbonyl (C=O) groups is 2. The Kier molecular flexibility index (Phi) is 10.5. The molecular weight excluding hydrogens is 454 g/mol. The van der Waals surface area contributed by atoms with Gasteiger partial charge >= 0.3 is 22.1 Å². The lowest BCUT2D eigenvalue weighted by atomic mass is 9.87. The molecule has 33 heavy (non-hydrogen) atoms. The summed E-state index contributed by atoms with van der Waals surface area (Å²) in [6.45, 7) is 9.43. The van der Waals surface area contributed by atoms with Gasteiger partial charge in [0.15, 0.2) is 0 Å². The number of hydroxylamine groups is 2. The molecule has 0 N–H and O–H groups in total. The zero-order valence-electron chi connectivity index (χ0n) is 20.4. The molecule has 0 bridgehead atoms. The van der Waals surface area contributed by atoms with E-state index in [4.69, 9.17) is 23.2 Å². The summed E-state index contributed by atoms with van der Waals surface area (Å²) in [4.78, 5) is 24.3. The second-order valence-corrected chi connectivity index (χ2v) is 10.9. The van der Waals surface area contributed by atoms with Crippen LogP contribution in [0.25, 0.3) is 0 Å². The number of rotatable bonds is 11. The average Bonchev–Trinajstić information content (AvgIpc) is 3.15. The van der Waals surface area contributed by atoms with Crippen molar-refractivity contribution in [2.75, 3.05) is 26.4 Å². The van der Waals surface area contributed by atoms with Crippen LogP contribution in [0.15, 0.2) is 0 Å². The Morgan fingerprint density at radius 1 is 1.03 bits per heavy atom. The van der Waals surface area contributed by atoms with Crippen LogP contribution in [0.2, 0.25) is 0 Å². The molecule has 11 heteroatoms. The highest BCUT2D eigenvalue weighted by atomic mass is 32.2. The summed E-state index contributed by atoms with van der Waals surface area (Å²) in [5.41, 5.74) is -2.72. The van der Waals surface area contributed by atoms with Crippen LogP contribution < -0.4 is 0 Å². The lowest BCUT2D eigenvalue weighted by molar-refractivity contribution is -0.164. The Balaban J connectivity index is 1.90. The van der Waals surface area contributed by atoms with Crippen LogP contribution in [0, 0.1) is 5.92 Å². The molecule has 1 saturated carbocycles. The highest BCUT2D eigenvalue weighted by Crippen LogP contribution is 2.29. The van der Waals surface area contributed by atoms with Gasteiger partial charge in [-0.3, -0.25) is 4.79 Å². The van der Waals surface area contributed by atoms with E-state index in [2.05, 4.69) is 0 Å². The van der Waals surface area contributed by atoms with Crippen molar-refractivity contribution in [2.45, 2.75) is 96.3 Å². The maximum atomic E-state index is 12.8. The van der Waals surface area contributed by atoms with Crippen molar-refractivity contribution in [1.29, 1.82) is 0 Å². The standard InChI is InChI=1S/C22H39NO9S/c1-6-28-19(24)16-10-12-18(13-11-16)30-15-17-9-8-14-23(17)32-33(26,27)21(29-7-2)20(25)31-22(3,4)5/h16-18,21H,6-15H2,1-5H3/t16-,17-,18-,21?/m1/s1. The van der Waals surface area contributed by atoms with Gasteiger partial charge in [0.2, 0.25) is 0 Å². The van der Waals surface area contributed by atoms with E-state index in [-0.39, 0.29) is 30.6 Å². The molecule has 1 aliphatic carbocycles. The predicted molar refractivity (Wildman–Crippen MR) is 119 cm³/mol. The fourth-order valence-corrected chi connectivity index (χ4v) is 5.12. The van der Waals surface area contributed by atoms with Gasteiger partial charge in [0.1, 0.15) is 5.60 Å². The molecule has 2 atom stereocenters. The summed E-state index contributed by atoms with van der Waals surface area (Å²) in [5, 5.41) is 1.36. The SMILES string of the molecule is CCOC(=O)[C@H]1CC[C@H](OC[C@H]2CCCN2OS(=O)(=O)C(OCC)C(=O)OC(C)(C)C)CC1. The minimum atomic E-state index is -4.42. The number of ether oxygens (including phenoxy) is 4. The van der Waals surface area contributed by atoms with Crippen molar-refractivity contribution in [2.24, 2.45) is 5.92 Å². The Bertz CT molecular complexity index is 741. The second-order valence-electron chi connectivity index (χ2n) is 9.38. The van der Waals surface area contributed by atoms with Crippen molar-refractivity contribution in [3.63, 3.8) is 0 Å². The van der Waals surface area contributed by atoms with E-state index in [1.54, 1.807) is 34.6 Å². The van der Waals surface area contributed by atoms with Crippen LogP contribution in [0.1, 0.15) is 73.1 Å². The Hall–Kier alpha value is -1.27. The van der Waals surface area contributed by atoms with Gasteiger partial charge in [0, 0.05) is 13.2 Å². The molecule has 1 heterocycles. The Morgan fingerprint density at radius 3 is 2.27 bits per heavy atom. The van der Waals surface area contributed by atoms with Gasteiger partial charge < -0.3 is 18.9 Å². The molecule has 0 aromatic rings. The van der Waals surface area contributed by atoms with Crippen LogP contribution in [0.4, 0.5) is 0 Å². The minimum Gasteiger partial charge on any atom is -0.466 e. The fraction of sp³-hybridized carbons (Fsp3) is 0.909. The largest absolute Gasteiger partial charge is 0.466 e. The third-order valence-corrected chi connectivity index (χ3v) is 6.77. The number of nitrogens with zero attached hydrogens (tertiary/aromatic N) is 1. The summed E-state index contributed by atoms with van der Waals surface area (Å²) < 4.78 is 52.5. The molecule has 1 saturated heterocycles. The molecule has 1 aliphatic heterocycles. The summed E-state index contributed by atoms with van der Waals surface area (Å²) >= 11 is 0. The first-order valence-corrected chi connectivity index (χ1v) is 13.3. The van der Waals surface area contributed by atoms with Gasteiger partial charge in [0.25, 0.3) is 5.44 Å². The molecule has 0 spiro atoms. The van der Waals surface area contributed by atoms with Gasteiger partial charge in [-0.15, -0.1) is 0 Å². The monoisotopic (exact) mass is 493 g/mol. The number of esters is 2. The summed E-state index contributed by atoms with van der Waals surface area (Å²) in [6.07, 6.45) is 4.39. The molecule has 0 aromatic heterocycles. The highest BCUT2D eigenvalue weighted by molar-refractivity contribution is 7.87. The van der Waals surface area contributed by atoms with Gasteiger partial charge in [0.05, 0.1) is 31.3 Å². The normalized spacial score (nSPS) is 25.5. The smallest absolute Gasteiger partial charge is 0.354 e. The molecule has 2 aliphatic rings. The first-order valence-electron chi connectivity index (χ1n) is 11.8. The molecule has 2 fully saturated rings. The third-order valence-electron chi connectivity index (χ3n) is 5.52. The molecule has 0 radical (unpaired) electrons. The van der Waals surface area contributed by atoms with Crippen molar-refractivity contribution < 1.29 is 41.2 Å². The number of carbonyl (C=O) groups excluding carboxylic acids is 2. The topological polar surface area (TPSA) is 118 Å². The summed E-state index contributed by atoms with van der Waals surface area (Å²) in [5.74, 6) is -1.23. The van der Waals surface area contributed by atoms with E-state index in [1.807, 2.05) is 0 Å². The first kappa shape index (κ1) is 28.0.